The number of imide groups is 1. The van der Waals surface area contributed by atoms with Gasteiger partial charge in [-0.1, -0.05) is 23.7 Å². The van der Waals surface area contributed by atoms with Crippen LogP contribution in [0.15, 0.2) is 42.5 Å². The van der Waals surface area contributed by atoms with Crippen LogP contribution in [0.25, 0.3) is 0 Å². The molecule has 8 heteroatoms. The van der Waals surface area contributed by atoms with Crippen LogP contribution in [0.1, 0.15) is 39.1 Å². The molecule has 3 rings (SSSR count). The quantitative estimate of drug-likeness (QED) is 0.615. The fourth-order valence-corrected chi connectivity index (χ4v) is 2.97. The van der Waals surface area contributed by atoms with E-state index >= 15 is 0 Å². The van der Waals surface area contributed by atoms with Gasteiger partial charge in [-0.05, 0) is 35.9 Å². The number of hydrogen-bond acceptors (Lipinski definition) is 5. The highest BCUT2D eigenvalue weighted by Gasteiger charge is 2.28. The van der Waals surface area contributed by atoms with Crippen molar-refractivity contribution < 1.29 is 23.9 Å². The summed E-state index contributed by atoms with van der Waals surface area (Å²) in [5.74, 6) is -1.33. The van der Waals surface area contributed by atoms with E-state index in [0.29, 0.717) is 5.56 Å². The van der Waals surface area contributed by atoms with E-state index < -0.39 is 11.9 Å². The molecule has 0 bridgehead atoms. The minimum Gasteiger partial charge on any atom is -0.465 e. The zero-order chi connectivity index (χ0) is 20.3. The van der Waals surface area contributed by atoms with Gasteiger partial charge in [-0.15, -0.1) is 0 Å². The number of ether oxygens (including phenoxy) is 1. The van der Waals surface area contributed by atoms with Gasteiger partial charge < -0.3 is 10.1 Å². The topological polar surface area (TPSA) is 92.8 Å². The fourth-order valence-electron chi connectivity index (χ4n) is 2.80. The first-order chi connectivity index (χ1) is 13.4. The monoisotopic (exact) mass is 400 g/mol. The summed E-state index contributed by atoms with van der Waals surface area (Å²) < 4.78 is 4.66. The van der Waals surface area contributed by atoms with Gasteiger partial charge in [0, 0.05) is 18.4 Å². The van der Waals surface area contributed by atoms with E-state index in [4.69, 9.17) is 11.6 Å². The van der Waals surface area contributed by atoms with Crippen LogP contribution in [-0.2, 0) is 20.9 Å². The van der Waals surface area contributed by atoms with Crippen molar-refractivity contribution in [3.8, 4) is 0 Å². The van der Waals surface area contributed by atoms with Gasteiger partial charge in [-0.25, -0.2) is 4.79 Å². The molecule has 1 fully saturated rings. The first-order valence-corrected chi connectivity index (χ1v) is 8.88. The second-order valence-electron chi connectivity index (χ2n) is 6.21. The van der Waals surface area contributed by atoms with Gasteiger partial charge in [0.15, 0.2) is 0 Å². The van der Waals surface area contributed by atoms with E-state index in [1.807, 2.05) is 0 Å². The van der Waals surface area contributed by atoms with Crippen LogP contribution in [-0.4, -0.2) is 35.7 Å². The highest BCUT2D eigenvalue weighted by molar-refractivity contribution is 6.34. The average Bonchev–Trinajstić information content (AvgIpc) is 3.01. The molecular formula is C20H17ClN2O5. The number of nitrogens with one attached hydrogen (secondary N) is 1. The largest absolute Gasteiger partial charge is 0.465 e. The van der Waals surface area contributed by atoms with E-state index in [0.717, 1.165) is 5.56 Å². The lowest BCUT2D eigenvalue weighted by molar-refractivity contribution is -0.139. The van der Waals surface area contributed by atoms with Gasteiger partial charge in [0.05, 0.1) is 29.9 Å². The van der Waals surface area contributed by atoms with E-state index in [1.165, 1.54) is 30.2 Å². The fraction of sp³-hybridized carbons (Fsp3) is 0.200. The molecule has 0 aromatic heterocycles. The molecule has 7 nitrogen and oxygen atoms in total. The summed E-state index contributed by atoms with van der Waals surface area (Å²) in [5, 5.41) is 2.94. The summed E-state index contributed by atoms with van der Waals surface area (Å²) in [6.45, 7) is 0.187. The van der Waals surface area contributed by atoms with Crippen LogP contribution in [0.5, 0.6) is 0 Å². The van der Waals surface area contributed by atoms with Gasteiger partial charge >= 0.3 is 5.97 Å². The standard InChI is InChI=1S/C20H17ClN2O5/c1-28-20(27)14-6-7-15(21)16(10-14)22-19(26)13-4-2-12(3-5-13)11-23-17(24)8-9-18(23)25/h2-7,10H,8-9,11H2,1H3,(H,22,26). The van der Waals surface area contributed by atoms with Gasteiger partial charge in [0.25, 0.3) is 5.91 Å². The maximum absolute atomic E-state index is 12.5. The zero-order valence-electron chi connectivity index (χ0n) is 15.0. The van der Waals surface area contributed by atoms with Gasteiger partial charge in [-0.2, -0.15) is 0 Å². The predicted octanol–water partition coefficient (Wildman–Crippen LogP) is 3.03. The number of esters is 1. The third kappa shape index (κ3) is 4.20. The van der Waals surface area contributed by atoms with Crippen molar-refractivity contribution in [3.63, 3.8) is 0 Å². The maximum Gasteiger partial charge on any atom is 0.337 e. The average molecular weight is 401 g/mol. The molecule has 3 amide bonds. The minimum absolute atomic E-state index is 0.187. The number of amides is 3. The lowest BCUT2D eigenvalue weighted by Crippen LogP contribution is -2.28. The van der Waals surface area contributed by atoms with Gasteiger partial charge in [-0.3, -0.25) is 19.3 Å². The number of likely N-dealkylation sites (tertiary alicyclic amines) is 1. The van der Waals surface area contributed by atoms with Crippen molar-refractivity contribution in [1.29, 1.82) is 0 Å². The van der Waals surface area contributed by atoms with Crippen molar-refractivity contribution in [2.24, 2.45) is 0 Å². The van der Waals surface area contributed by atoms with Crippen LogP contribution in [0.4, 0.5) is 5.69 Å². The SMILES string of the molecule is COC(=O)c1ccc(Cl)c(NC(=O)c2ccc(CN3C(=O)CCC3=O)cc2)c1. The number of anilines is 1. The molecule has 1 aliphatic heterocycles. The smallest absolute Gasteiger partial charge is 0.337 e. The molecule has 0 saturated carbocycles. The Bertz CT molecular complexity index is 940. The van der Waals surface area contributed by atoms with Crippen molar-refractivity contribution >= 4 is 41.0 Å². The predicted molar refractivity (Wildman–Crippen MR) is 102 cm³/mol. The Morgan fingerprint density at radius 2 is 1.64 bits per heavy atom. The molecule has 2 aromatic rings. The van der Waals surface area contributed by atoms with Crippen LogP contribution >= 0.6 is 11.6 Å². The number of benzene rings is 2. The molecule has 144 valence electrons. The molecule has 1 heterocycles. The molecular weight excluding hydrogens is 384 g/mol. The van der Waals surface area contributed by atoms with Crippen LogP contribution < -0.4 is 5.32 Å². The molecule has 28 heavy (non-hydrogen) atoms. The lowest BCUT2D eigenvalue weighted by Gasteiger charge is -2.14. The highest BCUT2D eigenvalue weighted by atomic mass is 35.5. The van der Waals surface area contributed by atoms with Crippen molar-refractivity contribution in [3.05, 3.63) is 64.2 Å². The Morgan fingerprint density at radius 1 is 1.04 bits per heavy atom. The van der Waals surface area contributed by atoms with Gasteiger partial charge in [0.2, 0.25) is 11.8 Å². The Hall–Kier alpha value is -3.19. The van der Waals surface area contributed by atoms with E-state index in [9.17, 15) is 19.2 Å². The molecule has 2 aromatic carbocycles. The summed E-state index contributed by atoms with van der Waals surface area (Å²) in [5.41, 5.74) is 1.65. The van der Waals surface area contributed by atoms with Crippen molar-refractivity contribution in [1.82, 2.24) is 4.90 Å². The number of rotatable bonds is 5. The first-order valence-electron chi connectivity index (χ1n) is 8.50. The summed E-state index contributed by atoms with van der Waals surface area (Å²) in [6, 6.07) is 11.0. The molecule has 0 atom stereocenters. The number of halogens is 1. The summed E-state index contributed by atoms with van der Waals surface area (Å²) >= 11 is 6.09. The second kappa shape index (κ2) is 8.22. The second-order valence-corrected chi connectivity index (χ2v) is 6.62. The normalized spacial score (nSPS) is 13.6. The van der Waals surface area contributed by atoms with E-state index in [1.54, 1.807) is 24.3 Å². The number of nitrogens with zero attached hydrogens (tertiary/aromatic N) is 1. The summed E-state index contributed by atoms with van der Waals surface area (Å²) in [4.78, 5) is 48.7. The highest BCUT2D eigenvalue weighted by Crippen LogP contribution is 2.24. The third-order valence-electron chi connectivity index (χ3n) is 4.35. The zero-order valence-corrected chi connectivity index (χ0v) is 15.8. The van der Waals surface area contributed by atoms with Crippen LogP contribution in [0.2, 0.25) is 5.02 Å². The lowest BCUT2D eigenvalue weighted by atomic mass is 10.1. The van der Waals surface area contributed by atoms with E-state index in [-0.39, 0.29) is 47.5 Å². The molecule has 0 spiro atoms. The first kappa shape index (κ1) is 19.6. The summed E-state index contributed by atoms with van der Waals surface area (Å²) in [7, 11) is 1.26. The van der Waals surface area contributed by atoms with E-state index in [2.05, 4.69) is 10.1 Å². The summed E-state index contributed by atoms with van der Waals surface area (Å²) in [6.07, 6.45) is 0.482. The molecule has 0 unspecified atom stereocenters. The molecule has 0 radical (unpaired) electrons. The van der Waals surface area contributed by atoms with Crippen molar-refractivity contribution in [2.45, 2.75) is 19.4 Å². The van der Waals surface area contributed by atoms with Crippen LogP contribution in [0, 0.1) is 0 Å². The maximum atomic E-state index is 12.5. The Labute approximate surface area is 166 Å². The Kier molecular flexibility index (Phi) is 5.75. The van der Waals surface area contributed by atoms with Gasteiger partial charge in [0.1, 0.15) is 0 Å². The Morgan fingerprint density at radius 3 is 2.25 bits per heavy atom. The number of hydrogen-bond donors (Lipinski definition) is 1. The molecule has 1 N–H and O–H groups in total. The molecule has 0 aliphatic carbocycles. The van der Waals surface area contributed by atoms with Crippen molar-refractivity contribution in [2.75, 3.05) is 12.4 Å². The van der Waals surface area contributed by atoms with Crippen LogP contribution in [0.3, 0.4) is 0 Å². The molecule has 1 aliphatic rings. The number of carbonyl (C=O) groups is 4. The minimum atomic E-state index is -0.539. The number of methoxy groups -OCH3 is 1. The third-order valence-corrected chi connectivity index (χ3v) is 4.68. The molecule has 1 saturated heterocycles. The number of carbonyl (C=O) groups excluding carboxylic acids is 4. The Balaban J connectivity index is 1.71.